The third kappa shape index (κ3) is 28.7. The van der Waals surface area contributed by atoms with Crippen LogP contribution < -0.4 is 27.4 Å². The second kappa shape index (κ2) is 35.0. The number of amides is 3. The molecule has 2 atom stereocenters. The number of imide groups is 1. The third-order valence-corrected chi connectivity index (χ3v) is 11.3. The smallest absolute Gasteiger partial charge is 0.348 e. The van der Waals surface area contributed by atoms with Crippen LogP contribution >= 0.6 is 24.4 Å². The number of urea groups is 1. The van der Waals surface area contributed by atoms with Crippen LogP contribution in [-0.4, -0.2) is 104 Å². The van der Waals surface area contributed by atoms with Gasteiger partial charge in [-0.1, -0.05) is 151 Å². The molecule has 2 aliphatic rings. The van der Waals surface area contributed by atoms with E-state index in [-0.39, 0.29) is 68.1 Å². The molecule has 0 aromatic carbocycles. The number of rotatable bonds is 6. The maximum atomic E-state index is 12.4. The minimum absolute atomic E-state index is 0.0356. The third-order valence-electron chi connectivity index (χ3n) is 10.4. The minimum Gasteiger partial charge on any atom is -0.348 e. The number of hydrogen-bond acceptors (Lipinski definition) is 21. The van der Waals surface area contributed by atoms with Crippen molar-refractivity contribution in [2.24, 2.45) is 16.2 Å². The highest BCUT2D eigenvalue weighted by Crippen LogP contribution is 2.19. The molecule has 0 radical (unpaired) electrons. The molecule has 0 bridgehead atoms. The quantitative estimate of drug-likeness (QED) is 0.0547. The van der Waals surface area contributed by atoms with Crippen LogP contribution in [0.15, 0.2) is 50.7 Å². The number of hydrogen-bond donors (Lipinski definition) is 10. The topological polar surface area (TPSA) is 409 Å². The summed E-state index contributed by atoms with van der Waals surface area (Å²) >= 11 is 7.90. The molecule has 10 N–H and O–H groups in total. The Morgan fingerprint density at radius 3 is 1.55 bits per heavy atom. The van der Waals surface area contributed by atoms with Gasteiger partial charge in [-0.15, -0.1) is 9.50 Å². The maximum Gasteiger partial charge on any atom is 0.360 e. The molecule has 1 fully saturated rings. The van der Waals surface area contributed by atoms with E-state index in [9.17, 15) is 27.8 Å². The zero-order chi connectivity index (χ0) is 64.4. The highest BCUT2D eigenvalue weighted by molar-refractivity contribution is 7.79. The zero-order valence-corrected chi connectivity index (χ0v) is 54.4. The Bertz CT molecular complexity index is 3230. The van der Waals surface area contributed by atoms with Crippen molar-refractivity contribution in [3.8, 4) is 0 Å². The van der Waals surface area contributed by atoms with Crippen LogP contribution in [0.5, 0.6) is 0 Å². The number of hydroxylamine groups is 1. The maximum absolute atomic E-state index is 12.4. The van der Waals surface area contributed by atoms with Gasteiger partial charge in [0.1, 0.15) is 35.0 Å². The number of carbonyl (C=O) groups is 2. The molecule has 7 aromatic heterocycles. The first kappa shape index (κ1) is 74.6. The molecule has 84 heavy (non-hydrogen) atoms. The van der Waals surface area contributed by atoms with Crippen molar-refractivity contribution in [2.45, 2.75) is 198 Å². The zero-order valence-electron chi connectivity index (χ0n) is 52.0. The van der Waals surface area contributed by atoms with Gasteiger partial charge in [0.05, 0.1) is 11.3 Å². The number of carbonyl (C=O) groups excluding carboxylic acids is 2. The number of halogens is 1. The Morgan fingerprint density at radius 2 is 1.33 bits per heavy atom. The summed E-state index contributed by atoms with van der Waals surface area (Å²) in [7, 11) is 0. The second-order valence-corrected chi connectivity index (χ2v) is 24.8. The average Bonchev–Trinajstić information content (AvgIpc) is 4.25. The Morgan fingerprint density at radius 1 is 0.702 bits per heavy atom. The largest absolute Gasteiger partial charge is 0.360 e. The van der Waals surface area contributed by atoms with Crippen LogP contribution in [-0.2, 0) is 36.6 Å². The van der Waals surface area contributed by atoms with E-state index in [4.69, 9.17) is 21.3 Å². The van der Waals surface area contributed by atoms with E-state index < -0.39 is 17.2 Å². The van der Waals surface area contributed by atoms with E-state index >= 15 is 0 Å². The van der Waals surface area contributed by atoms with E-state index in [1.54, 1.807) is 6.20 Å². The van der Waals surface area contributed by atoms with Gasteiger partial charge in [0, 0.05) is 52.7 Å². The molecule has 470 valence electrons. The fourth-order valence-electron chi connectivity index (χ4n) is 5.50. The van der Waals surface area contributed by atoms with Crippen LogP contribution in [0.2, 0.25) is 0 Å². The Hall–Kier alpha value is -7.39. The van der Waals surface area contributed by atoms with Crippen LogP contribution in [0.25, 0.3) is 0 Å². The molecule has 0 aliphatic carbocycles. The van der Waals surface area contributed by atoms with E-state index in [0.29, 0.717) is 45.5 Å². The van der Waals surface area contributed by atoms with Crippen molar-refractivity contribution in [3.05, 3.63) is 101 Å². The second-order valence-electron chi connectivity index (χ2n) is 23.3. The van der Waals surface area contributed by atoms with E-state index in [2.05, 4.69) is 157 Å². The number of nitrogens with zero attached hydrogens (tertiary/aromatic N) is 9. The lowest BCUT2D eigenvalue weighted by Gasteiger charge is -2.13. The van der Waals surface area contributed by atoms with Crippen molar-refractivity contribution in [2.75, 3.05) is 0 Å². The van der Waals surface area contributed by atoms with Gasteiger partial charge in [0.15, 0.2) is 12.2 Å². The molecule has 0 saturated carbocycles. The van der Waals surface area contributed by atoms with Crippen molar-refractivity contribution in [1.82, 2.24) is 92.5 Å². The van der Waals surface area contributed by atoms with Crippen LogP contribution in [0.3, 0.4) is 0 Å². The summed E-state index contributed by atoms with van der Waals surface area (Å²) in [6.45, 7) is 43.6. The lowest BCUT2D eigenvalue weighted by molar-refractivity contribution is -0.121. The summed E-state index contributed by atoms with van der Waals surface area (Å²) < 4.78 is 49.9. The highest BCUT2D eigenvalue weighted by Gasteiger charge is 2.31. The van der Waals surface area contributed by atoms with Crippen molar-refractivity contribution in [3.63, 3.8) is 0 Å². The number of aromatic nitrogens is 15. The average molecular weight is 1240 g/mol. The van der Waals surface area contributed by atoms with Gasteiger partial charge in [-0.25, -0.2) is 49.5 Å². The van der Waals surface area contributed by atoms with Gasteiger partial charge < -0.3 is 23.4 Å². The number of H-pyrrole nitrogens is 7. The van der Waals surface area contributed by atoms with Crippen molar-refractivity contribution < 1.29 is 40.6 Å². The fraction of sp³-hybridized carbons (Fsp3) is 0.627. The number of aryl methyl sites for hydroxylation is 1. The minimum atomic E-state index is -1.50. The molecule has 29 nitrogen and oxygen atoms in total. The number of nitrogens with one attached hydrogen (secondary N) is 10. The lowest BCUT2D eigenvalue weighted by atomic mass is 9.90. The molecule has 0 spiro atoms. The monoisotopic (exact) mass is 1240 g/mol. The molecule has 9 rings (SSSR count). The first-order chi connectivity index (χ1) is 38.7. The van der Waals surface area contributed by atoms with Gasteiger partial charge >= 0.3 is 33.4 Å². The van der Waals surface area contributed by atoms with Gasteiger partial charge in [0.25, 0.3) is 11.9 Å². The van der Waals surface area contributed by atoms with E-state index in [1.165, 1.54) is 12.4 Å². The van der Waals surface area contributed by atoms with E-state index in [1.807, 2.05) is 118 Å². The SMILES string of the molecule is CC(C)(C)c1c[nH]oc1=O.CC(C)(C)c1cc(=O)o[nH]1.CC(C)C1=NS(=O)ON1.CC(C)C1NC(=O)NC1=O.CC(C)c1n[nH]nc1F.CC(C)c1nc(=S)[nH][nH]1.CC(C)c1nc(=S)o[nH]1.CC(C)c1ncno1.Cc1nc(C(C)(C)C)n[nH]1. The molecule has 3 amide bonds. The summed E-state index contributed by atoms with van der Waals surface area (Å²) in [5.74, 6) is 5.73. The standard InChI is InChI=1S/C7H13N3.2C7H11NO2.C6H10N2O2.C5H8FN3.C5H9N3S.C5H8N2OS.C5H8N2O.C4H8N2O2S/c1-5-8-6(10-9-5)7(2,3)4;1-7(2,3)5-4-8-10-6(5)9;1-7(2,3)5-4-6(9)10-8-5;1-3(2)4-5(9)8-6(10)7-4;1-3(2)4-5(6)8-9-7-4;2*1-3(2)4-6-5(9)8-7-4;1-4(2)5-6-3-7-8-5;1-3(2)4-5-8-9(7)6-4/h1-4H3,(H,8,9,10);2*4,8H,1-3H3;3-4H,1-2H3,(H2,7,8,9,10);3H,1-2H3,(H,7,8,9);3H,1-2H3,(H2,6,7,8,9);3H,1-2H3,(H,6,7,9);3-4H,1-2H3;3H,1-2H3,(H,5,6). The molecular formula is C51H86FN19O10S3. The predicted molar refractivity (Wildman–Crippen MR) is 318 cm³/mol. The normalized spacial score (nSPS) is 14.4. The van der Waals surface area contributed by atoms with Crippen LogP contribution in [0.4, 0.5) is 9.18 Å². The van der Waals surface area contributed by atoms with Crippen LogP contribution in [0.1, 0.15) is 215 Å². The molecular weight excluding hydrogens is 1150 g/mol. The van der Waals surface area contributed by atoms with Gasteiger partial charge in [-0.05, 0) is 42.7 Å². The summed E-state index contributed by atoms with van der Waals surface area (Å²) in [5, 5.41) is 37.2. The van der Waals surface area contributed by atoms with Gasteiger partial charge in [-0.2, -0.15) is 34.1 Å². The lowest BCUT2D eigenvalue weighted by Crippen LogP contribution is -2.33. The van der Waals surface area contributed by atoms with Gasteiger partial charge in [-0.3, -0.25) is 25.4 Å². The molecule has 2 aliphatic heterocycles. The summed E-state index contributed by atoms with van der Waals surface area (Å²) in [5.41, 5.74) is 3.69. The summed E-state index contributed by atoms with van der Waals surface area (Å²) in [6.07, 6.45) is 3.01. The number of aromatic amines is 7. The Balaban J connectivity index is 0.000000473. The van der Waals surface area contributed by atoms with Crippen molar-refractivity contribution >= 4 is 53.5 Å². The first-order valence-corrected chi connectivity index (χ1v) is 28.4. The number of amidine groups is 1. The Labute approximate surface area is 500 Å². The Kier molecular flexibility index (Phi) is 31.1. The van der Waals surface area contributed by atoms with Crippen LogP contribution in [0, 0.1) is 34.3 Å². The molecule has 2 unspecified atom stereocenters. The predicted octanol–water partition coefficient (Wildman–Crippen LogP) is 9.65. The molecule has 33 heteroatoms. The fourth-order valence-corrected chi connectivity index (χ4v) is 6.39. The summed E-state index contributed by atoms with van der Waals surface area (Å²) in [4.78, 5) is 59.0. The van der Waals surface area contributed by atoms with E-state index in [0.717, 1.165) is 29.0 Å². The van der Waals surface area contributed by atoms with Gasteiger partial charge in [0.2, 0.25) is 10.7 Å². The van der Waals surface area contributed by atoms with Crippen molar-refractivity contribution in [1.29, 1.82) is 0 Å². The molecule has 9 heterocycles. The molecule has 1 saturated heterocycles. The highest BCUT2D eigenvalue weighted by atomic mass is 32.2. The summed E-state index contributed by atoms with van der Waals surface area (Å²) in [6, 6.07) is 0.746. The molecule has 7 aromatic rings. The first-order valence-electron chi connectivity index (χ1n) is 26.6.